The summed E-state index contributed by atoms with van der Waals surface area (Å²) in [6.45, 7) is 1.81. The van der Waals surface area contributed by atoms with Crippen molar-refractivity contribution in [2.24, 2.45) is 0 Å². The molecule has 0 aliphatic heterocycles. The minimum absolute atomic E-state index is 0.107. The van der Waals surface area contributed by atoms with Gasteiger partial charge in [0.15, 0.2) is 0 Å². The number of amides is 1. The van der Waals surface area contributed by atoms with E-state index in [1.807, 2.05) is 17.5 Å². The SMILES string of the molecule is CC(=O)N(C)c1ccc(S(=O)(=O)NCCc2cccs2)cc1. The lowest BCUT2D eigenvalue weighted by Gasteiger charge is -2.15. The summed E-state index contributed by atoms with van der Waals surface area (Å²) >= 11 is 1.60. The van der Waals surface area contributed by atoms with E-state index < -0.39 is 10.0 Å². The quantitative estimate of drug-likeness (QED) is 0.878. The lowest BCUT2D eigenvalue weighted by Crippen LogP contribution is -2.26. The van der Waals surface area contributed by atoms with Gasteiger partial charge in [-0.05, 0) is 42.1 Å². The molecule has 1 aromatic carbocycles. The van der Waals surface area contributed by atoms with Crippen molar-refractivity contribution in [1.29, 1.82) is 0 Å². The van der Waals surface area contributed by atoms with Gasteiger partial charge in [0.2, 0.25) is 15.9 Å². The van der Waals surface area contributed by atoms with Gasteiger partial charge in [-0.3, -0.25) is 4.79 Å². The first kappa shape index (κ1) is 16.7. The van der Waals surface area contributed by atoms with Crippen LogP contribution in [0.15, 0.2) is 46.7 Å². The first-order valence-electron chi connectivity index (χ1n) is 6.76. The molecule has 1 aromatic heterocycles. The predicted molar refractivity (Wildman–Crippen MR) is 88.7 cm³/mol. The fourth-order valence-electron chi connectivity index (χ4n) is 1.88. The van der Waals surface area contributed by atoms with Crippen molar-refractivity contribution < 1.29 is 13.2 Å². The highest BCUT2D eigenvalue weighted by atomic mass is 32.2. The standard InChI is InChI=1S/C15H18N2O3S2/c1-12(18)17(2)13-5-7-15(8-6-13)22(19,20)16-10-9-14-4-3-11-21-14/h3-8,11,16H,9-10H2,1-2H3. The van der Waals surface area contributed by atoms with Crippen molar-refractivity contribution in [1.82, 2.24) is 4.72 Å². The Balaban J connectivity index is 2.01. The number of anilines is 1. The van der Waals surface area contributed by atoms with Crippen LogP contribution in [0.3, 0.4) is 0 Å². The number of carbonyl (C=O) groups excluding carboxylic acids is 1. The highest BCUT2D eigenvalue weighted by Gasteiger charge is 2.14. The van der Waals surface area contributed by atoms with Gasteiger partial charge in [-0.15, -0.1) is 11.3 Å². The summed E-state index contributed by atoms with van der Waals surface area (Å²) < 4.78 is 27.0. The maximum Gasteiger partial charge on any atom is 0.240 e. The fourth-order valence-corrected chi connectivity index (χ4v) is 3.62. The highest BCUT2D eigenvalue weighted by molar-refractivity contribution is 7.89. The van der Waals surface area contributed by atoms with Gasteiger partial charge < -0.3 is 4.90 Å². The fraction of sp³-hybridized carbons (Fsp3) is 0.267. The van der Waals surface area contributed by atoms with Crippen LogP contribution in [0.4, 0.5) is 5.69 Å². The van der Waals surface area contributed by atoms with Crippen LogP contribution >= 0.6 is 11.3 Å². The van der Waals surface area contributed by atoms with E-state index >= 15 is 0 Å². The van der Waals surface area contributed by atoms with Gasteiger partial charge in [0.05, 0.1) is 4.90 Å². The first-order chi connectivity index (χ1) is 10.4. The predicted octanol–water partition coefficient (Wildman–Crippen LogP) is 2.25. The second kappa shape index (κ2) is 7.04. The molecule has 1 heterocycles. The van der Waals surface area contributed by atoms with E-state index in [4.69, 9.17) is 0 Å². The number of hydrogen-bond acceptors (Lipinski definition) is 4. The van der Waals surface area contributed by atoms with Gasteiger partial charge >= 0.3 is 0 Å². The summed E-state index contributed by atoms with van der Waals surface area (Å²) in [6.07, 6.45) is 0.669. The number of nitrogens with zero attached hydrogens (tertiary/aromatic N) is 1. The molecule has 0 radical (unpaired) electrons. The second-order valence-corrected chi connectivity index (χ2v) is 7.60. The normalized spacial score (nSPS) is 11.4. The van der Waals surface area contributed by atoms with E-state index in [0.717, 1.165) is 4.88 Å². The molecule has 0 atom stereocenters. The number of hydrogen-bond donors (Lipinski definition) is 1. The molecule has 0 saturated heterocycles. The molecule has 7 heteroatoms. The van der Waals surface area contributed by atoms with Crippen LogP contribution in [-0.2, 0) is 21.2 Å². The van der Waals surface area contributed by atoms with Crippen LogP contribution in [0.1, 0.15) is 11.8 Å². The third-order valence-corrected chi connectivity index (χ3v) is 5.66. The molecule has 0 fully saturated rings. The Hall–Kier alpha value is -1.70. The molecular formula is C15H18N2O3S2. The zero-order valence-corrected chi connectivity index (χ0v) is 14.1. The smallest absolute Gasteiger partial charge is 0.240 e. The molecule has 0 unspecified atom stereocenters. The Bertz CT molecular complexity index is 723. The van der Waals surface area contributed by atoms with Crippen LogP contribution in [-0.4, -0.2) is 27.9 Å². The van der Waals surface area contributed by atoms with Crippen molar-refractivity contribution in [3.05, 3.63) is 46.7 Å². The average Bonchev–Trinajstić information content (AvgIpc) is 2.99. The van der Waals surface area contributed by atoms with E-state index in [-0.39, 0.29) is 10.8 Å². The zero-order valence-electron chi connectivity index (χ0n) is 12.4. The van der Waals surface area contributed by atoms with Crippen LogP contribution < -0.4 is 9.62 Å². The summed E-state index contributed by atoms with van der Waals surface area (Å²) in [4.78, 5) is 14.1. The third kappa shape index (κ3) is 4.16. The minimum atomic E-state index is -3.53. The lowest BCUT2D eigenvalue weighted by molar-refractivity contribution is -0.116. The Morgan fingerprint density at radius 3 is 2.45 bits per heavy atom. The first-order valence-corrected chi connectivity index (χ1v) is 9.13. The van der Waals surface area contributed by atoms with E-state index in [2.05, 4.69) is 4.72 Å². The molecule has 1 amide bonds. The van der Waals surface area contributed by atoms with Gasteiger partial charge in [0.25, 0.3) is 0 Å². The van der Waals surface area contributed by atoms with Gasteiger partial charge in [-0.1, -0.05) is 6.07 Å². The van der Waals surface area contributed by atoms with Crippen molar-refractivity contribution in [3.8, 4) is 0 Å². The lowest BCUT2D eigenvalue weighted by atomic mass is 10.3. The van der Waals surface area contributed by atoms with Crippen molar-refractivity contribution in [2.75, 3.05) is 18.5 Å². The second-order valence-electron chi connectivity index (χ2n) is 4.80. The molecule has 0 spiro atoms. The largest absolute Gasteiger partial charge is 0.316 e. The molecule has 0 bridgehead atoms. The molecular weight excluding hydrogens is 320 g/mol. The Morgan fingerprint density at radius 1 is 1.23 bits per heavy atom. The number of thiophene rings is 1. The zero-order chi connectivity index (χ0) is 16.2. The topological polar surface area (TPSA) is 66.5 Å². The average molecular weight is 338 g/mol. The maximum absolute atomic E-state index is 12.2. The number of benzene rings is 1. The van der Waals surface area contributed by atoms with E-state index in [1.165, 1.54) is 24.0 Å². The molecule has 1 N–H and O–H groups in total. The van der Waals surface area contributed by atoms with Crippen LogP contribution in [0.25, 0.3) is 0 Å². The maximum atomic E-state index is 12.2. The Morgan fingerprint density at radius 2 is 1.91 bits per heavy atom. The van der Waals surface area contributed by atoms with Crippen molar-refractivity contribution in [3.63, 3.8) is 0 Å². The molecule has 0 saturated carbocycles. The number of nitrogens with one attached hydrogen (secondary N) is 1. The minimum Gasteiger partial charge on any atom is -0.316 e. The van der Waals surface area contributed by atoms with Gasteiger partial charge in [-0.2, -0.15) is 0 Å². The molecule has 0 aliphatic carbocycles. The molecule has 5 nitrogen and oxygen atoms in total. The van der Waals surface area contributed by atoms with Crippen LogP contribution in [0.5, 0.6) is 0 Å². The summed E-state index contributed by atoms with van der Waals surface area (Å²) in [5, 5.41) is 1.97. The van der Waals surface area contributed by atoms with Crippen molar-refractivity contribution in [2.45, 2.75) is 18.2 Å². The Labute approximate surface area is 134 Å². The highest BCUT2D eigenvalue weighted by Crippen LogP contribution is 2.17. The third-order valence-electron chi connectivity index (χ3n) is 3.25. The van der Waals surface area contributed by atoms with Gasteiger partial charge in [0.1, 0.15) is 0 Å². The van der Waals surface area contributed by atoms with Gasteiger partial charge in [0, 0.05) is 31.1 Å². The molecule has 0 aliphatic rings. The molecule has 22 heavy (non-hydrogen) atoms. The van der Waals surface area contributed by atoms with Crippen molar-refractivity contribution >= 4 is 33.0 Å². The molecule has 118 valence electrons. The Kier molecular flexibility index (Phi) is 5.33. The van der Waals surface area contributed by atoms with Crippen LogP contribution in [0.2, 0.25) is 0 Å². The summed E-state index contributed by atoms with van der Waals surface area (Å²) in [5.74, 6) is -0.107. The van der Waals surface area contributed by atoms with Crippen LogP contribution in [0, 0.1) is 0 Å². The monoisotopic (exact) mass is 338 g/mol. The molecule has 2 aromatic rings. The molecule has 2 rings (SSSR count). The number of sulfonamides is 1. The van der Waals surface area contributed by atoms with E-state index in [0.29, 0.717) is 18.7 Å². The number of carbonyl (C=O) groups is 1. The van der Waals surface area contributed by atoms with E-state index in [1.54, 1.807) is 30.5 Å². The van der Waals surface area contributed by atoms with E-state index in [9.17, 15) is 13.2 Å². The number of rotatable bonds is 6. The van der Waals surface area contributed by atoms with Gasteiger partial charge in [-0.25, -0.2) is 13.1 Å². The summed E-state index contributed by atoms with van der Waals surface area (Å²) in [6, 6.07) is 10.2. The summed E-state index contributed by atoms with van der Waals surface area (Å²) in [5.41, 5.74) is 0.657. The summed E-state index contributed by atoms with van der Waals surface area (Å²) in [7, 11) is -1.88.